The Balaban J connectivity index is 2.82. The number of aromatic nitrogens is 1. The van der Waals surface area contributed by atoms with Crippen LogP contribution in [0.25, 0.3) is 0 Å². The fourth-order valence-corrected chi connectivity index (χ4v) is 1.15. The number of aryl methyl sites for hydroxylation is 2. The molecule has 1 rings (SSSR count). The van der Waals surface area contributed by atoms with Gasteiger partial charge in [-0.15, -0.1) is 0 Å². The minimum absolute atomic E-state index is 0.0122. The average Bonchev–Trinajstić information content (AvgIpc) is 2.06. The Morgan fingerprint density at radius 3 is 2.92 bits per heavy atom. The Morgan fingerprint density at radius 1 is 1.62 bits per heavy atom. The molecule has 0 saturated heterocycles. The standard InChI is InChI=1S/C9H12N2OS/c1-7-2-3-9(12)11(6-7)5-4-8(10)13/h2-3,6H,4-5H2,1H3,(H2,10,13). The molecule has 1 aromatic heterocycles. The molecule has 0 unspecified atom stereocenters. The second kappa shape index (κ2) is 4.18. The van der Waals surface area contributed by atoms with E-state index in [0.29, 0.717) is 18.0 Å². The molecule has 2 N–H and O–H groups in total. The Morgan fingerprint density at radius 2 is 2.31 bits per heavy atom. The molecule has 1 aromatic rings. The molecule has 0 saturated carbocycles. The molecule has 13 heavy (non-hydrogen) atoms. The zero-order valence-corrected chi connectivity index (χ0v) is 8.30. The van der Waals surface area contributed by atoms with Gasteiger partial charge in [0.05, 0.1) is 4.99 Å². The van der Waals surface area contributed by atoms with E-state index in [0.717, 1.165) is 5.56 Å². The van der Waals surface area contributed by atoms with Crippen molar-refractivity contribution in [2.24, 2.45) is 5.73 Å². The summed E-state index contributed by atoms with van der Waals surface area (Å²) >= 11 is 4.73. The van der Waals surface area contributed by atoms with Crippen LogP contribution in [-0.4, -0.2) is 9.56 Å². The van der Waals surface area contributed by atoms with Crippen molar-refractivity contribution in [3.63, 3.8) is 0 Å². The molecule has 0 bridgehead atoms. The van der Waals surface area contributed by atoms with E-state index in [2.05, 4.69) is 0 Å². The van der Waals surface area contributed by atoms with Crippen LogP contribution in [0.3, 0.4) is 0 Å². The van der Waals surface area contributed by atoms with Gasteiger partial charge in [0.15, 0.2) is 0 Å². The summed E-state index contributed by atoms with van der Waals surface area (Å²) in [6, 6.07) is 3.34. The van der Waals surface area contributed by atoms with Crippen molar-refractivity contribution < 1.29 is 0 Å². The van der Waals surface area contributed by atoms with Crippen molar-refractivity contribution in [2.75, 3.05) is 0 Å². The summed E-state index contributed by atoms with van der Waals surface area (Å²) in [5.41, 5.74) is 6.39. The van der Waals surface area contributed by atoms with Gasteiger partial charge in [-0.25, -0.2) is 0 Å². The highest BCUT2D eigenvalue weighted by molar-refractivity contribution is 7.80. The van der Waals surface area contributed by atoms with E-state index >= 15 is 0 Å². The van der Waals surface area contributed by atoms with Crippen LogP contribution in [0.1, 0.15) is 12.0 Å². The molecule has 0 atom stereocenters. The van der Waals surface area contributed by atoms with Crippen molar-refractivity contribution in [1.82, 2.24) is 4.57 Å². The summed E-state index contributed by atoms with van der Waals surface area (Å²) in [7, 11) is 0. The Hall–Kier alpha value is -1.16. The Bertz CT molecular complexity index is 370. The van der Waals surface area contributed by atoms with Gasteiger partial charge in [0.25, 0.3) is 5.56 Å². The van der Waals surface area contributed by atoms with Crippen molar-refractivity contribution in [2.45, 2.75) is 19.9 Å². The first kappa shape index (κ1) is 9.92. The molecule has 0 amide bonds. The summed E-state index contributed by atoms with van der Waals surface area (Å²) < 4.78 is 1.62. The van der Waals surface area contributed by atoms with Crippen LogP contribution in [0.15, 0.2) is 23.1 Å². The van der Waals surface area contributed by atoms with E-state index in [1.807, 2.05) is 6.92 Å². The van der Waals surface area contributed by atoms with Gasteiger partial charge in [-0.3, -0.25) is 4.79 Å². The lowest BCUT2D eigenvalue weighted by molar-refractivity contribution is 0.692. The number of pyridine rings is 1. The maximum absolute atomic E-state index is 11.3. The molecule has 0 aliphatic heterocycles. The summed E-state index contributed by atoms with van der Waals surface area (Å²) in [5.74, 6) is 0. The highest BCUT2D eigenvalue weighted by atomic mass is 32.1. The number of thiocarbonyl (C=S) groups is 1. The monoisotopic (exact) mass is 196 g/mol. The van der Waals surface area contributed by atoms with E-state index in [1.165, 1.54) is 0 Å². The normalized spacial score (nSPS) is 9.92. The maximum Gasteiger partial charge on any atom is 0.250 e. The number of rotatable bonds is 3. The molecular formula is C9H12N2OS. The van der Waals surface area contributed by atoms with Gasteiger partial charge in [-0.1, -0.05) is 18.3 Å². The molecule has 0 radical (unpaired) electrons. The first-order valence-corrected chi connectivity index (χ1v) is 4.46. The third kappa shape index (κ3) is 2.99. The first-order valence-electron chi connectivity index (χ1n) is 4.05. The van der Waals surface area contributed by atoms with Gasteiger partial charge in [0.2, 0.25) is 0 Å². The predicted molar refractivity (Wildman–Crippen MR) is 56.8 cm³/mol. The fourth-order valence-electron chi connectivity index (χ4n) is 1.06. The lowest BCUT2D eigenvalue weighted by Crippen LogP contribution is -2.21. The smallest absolute Gasteiger partial charge is 0.250 e. The number of hydrogen-bond acceptors (Lipinski definition) is 2. The molecule has 4 heteroatoms. The lowest BCUT2D eigenvalue weighted by atomic mass is 10.3. The minimum Gasteiger partial charge on any atom is -0.393 e. The summed E-state index contributed by atoms with van der Waals surface area (Å²) in [5, 5.41) is 0. The third-order valence-corrected chi connectivity index (χ3v) is 1.93. The van der Waals surface area contributed by atoms with E-state index in [1.54, 1.807) is 22.9 Å². The fraction of sp³-hybridized carbons (Fsp3) is 0.333. The molecule has 0 spiro atoms. The van der Waals surface area contributed by atoms with Crippen LogP contribution in [0.2, 0.25) is 0 Å². The topological polar surface area (TPSA) is 48.0 Å². The SMILES string of the molecule is Cc1ccc(=O)n(CCC(N)=S)c1. The van der Waals surface area contributed by atoms with Gasteiger partial charge in [0.1, 0.15) is 0 Å². The predicted octanol–water partition coefficient (Wildman–Crippen LogP) is 0.833. The molecule has 0 aromatic carbocycles. The average molecular weight is 196 g/mol. The van der Waals surface area contributed by atoms with Crippen LogP contribution in [0.4, 0.5) is 0 Å². The van der Waals surface area contributed by atoms with E-state index in [-0.39, 0.29) is 5.56 Å². The molecular weight excluding hydrogens is 184 g/mol. The quantitative estimate of drug-likeness (QED) is 0.728. The van der Waals surface area contributed by atoms with Crippen LogP contribution in [0.5, 0.6) is 0 Å². The van der Waals surface area contributed by atoms with Crippen LogP contribution in [0, 0.1) is 6.92 Å². The first-order chi connectivity index (χ1) is 6.09. The van der Waals surface area contributed by atoms with Crippen molar-refractivity contribution in [3.8, 4) is 0 Å². The van der Waals surface area contributed by atoms with Gasteiger partial charge in [-0.2, -0.15) is 0 Å². The largest absolute Gasteiger partial charge is 0.393 e. The summed E-state index contributed by atoms with van der Waals surface area (Å²) in [6.07, 6.45) is 2.37. The molecule has 70 valence electrons. The molecule has 1 heterocycles. The summed E-state index contributed by atoms with van der Waals surface area (Å²) in [6.45, 7) is 2.51. The highest BCUT2D eigenvalue weighted by Crippen LogP contribution is 1.93. The molecule has 3 nitrogen and oxygen atoms in total. The van der Waals surface area contributed by atoms with Crippen molar-refractivity contribution in [3.05, 3.63) is 34.2 Å². The second-order valence-corrected chi connectivity index (χ2v) is 3.48. The van der Waals surface area contributed by atoms with E-state index in [9.17, 15) is 4.79 Å². The Labute approximate surface area is 82.2 Å². The van der Waals surface area contributed by atoms with Gasteiger partial charge < -0.3 is 10.3 Å². The van der Waals surface area contributed by atoms with Crippen LogP contribution >= 0.6 is 12.2 Å². The zero-order chi connectivity index (χ0) is 9.84. The van der Waals surface area contributed by atoms with Gasteiger partial charge >= 0.3 is 0 Å². The number of nitrogens with two attached hydrogens (primary N) is 1. The van der Waals surface area contributed by atoms with Crippen molar-refractivity contribution in [1.29, 1.82) is 0 Å². The van der Waals surface area contributed by atoms with E-state index in [4.69, 9.17) is 18.0 Å². The van der Waals surface area contributed by atoms with E-state index < -0.39 is 0 Å². The molecule has 0 fully saturated rings. The van der Waals surface area contributed by atoms with Crippen molar-refractivity contribution >= 4 is 17.2 Å². The Kier molecular flexibility index (Phi) is 3.19. The number of hydrogen-bond donors (Lipinski definition) is 1. The van der Waals surface area contributed by atoms with Crippen LogP contribution in [-0.2, 0) is 6.54 Å². The summed E-state index contributed by atoms with van der Waals surface area (Å²) in [4.78, 5) is 11.7. The zero-order valence-electron chi connectivity index (χ0n) is 7.49. The third-order valence-electron chi connectivity index (χ3n) is 1.73. The molecule has 0 aliphatic carbocycles. The van der Waals surface area contributed by atoms with Gasteiger partial charge in [0, 0.05) is 25.2 Å². The van der Waals surface area contributed by atoms with Gasteiger partial charge in [-0.05, 0) is 12.5 Å². The highest BCUT2D eigenvalue weighted by Gasteiger charge is 1.96. The lowest BCUT2D eigenvalue weighted by Gasteiger charge is -2.04. The number of nitrogens with zero attached hydrogens (tertiary/aromatic N) is 1. The molecule has 0 aliphatic rings. The maximum atomic E-state index is 11.3. The second-order valence-electron chi connectivity index (χ2n) is 2.95. The van der Waals surface area contributed by atoms with Crippen LogP contribution < -0.4 is 11.3 Å². The minimum atomic E-state index is -0.0122.